The van der Waals surface area contributed by atoms with E-state index in [1.54, 1.807) is 0 Å². The highest BCUT2D eigenvalue weighted by Gasteiger charge is 2.14. The number of amides is 2. The minimum absolute atomic E-state index is 0.126. The molecule has 6 heteroatoms. The zero-order valence-electron chi connectivity index (χ0n) is 7.28. The summed E-state index contributed by atoms with van der Waals surface area (Å²) in [5.41, 5.74) is 0. The summed E-state index contributed by atoms with van der Waals surface area (Å²) in [6.45, 7) is -0.260. The van der Waals surface area contributed by atoms with Crippen LogP contribution in [0.1, 0.15) is 6.42 Å². The summed E-state index contributed by atoms with van der Waals surface area (Å²) < 4.78 is 0. The van der Waals surface area contributed by atoms with E-state index in [0.29, 0.717) is 0 Å². The molecule has 0 saturated heterocycles. The second kappa shape index (κ2) is 5.83. The second-order valence-corrected chi connectivity index (χ2v) is 2.28. The molecule has 6 nitrogen and oxygen atoms in total. The maximum absolute atomic E-state index is 11.0. The van der Waals surface area contributed by atoms with E-state index >= 15 is 0 Å². The van der Waals surface area contributed by atoms with Gasteiger partial charge in [-0.15, -0.1) is 0 Å². The molecule has 0 aliphatic rings. The van der Waals surface area contributed by atoms with Crippen molar-refractivity contribution in [2.24, 2.45) is 0 Å². The van der Waals surface area contributed by atoms with Crippen molar-refractivity contribution in [2.45, 2.75) is 6.42 Å². The third-order valence-electron chi connectivity index (χ3n) is 1.32. The average molecular weight is 185 g/mol. The van der Waals surface area contributed by atoms with Crippen LogP contribution in [-0.4, -0.2) is 42.1 Å². The van der Waals surface area contributed by atoms with Crippen LogP contribution in [-0.2, 0) is 4.79 Å². The second-order valence-electron chi connectivity index (χ2n) is 2.28. The zero-order valence-corrected chi connectivity index (χ0v) is 7.28. The third-order valence-corrected chi connectivity index (χ3v) is 1.32. The van der Waals surface area contributed by atoms with Gasteiger partial charge >= 0.3 is 12.0 Å². The number of carbonyl (C=O) groups excluding carboxylic acids is 1. The molecule has 0 saturated carbocycles. The number of carboxylic acids is 1. The predicted octanol–water partition coefficient (Wildman–Crippen LogP) is -0.374. The molecule has 13 heavy (non-hydrogen) atoms. The maximum atomic E-state index is 11.0. The lowest BCUT2D eigenvalue weighted by atomic mass is 10.4. The van der Waals surface area contributed by atoms with E-state index in [-0.39, 0.29) is 19.5 Å². The Bertz CT molecular complexity index is 234. The summed E-state index contributed by atoms with van der Waals surface area (Å²) in [6.07, 6.45) is 0.126. The molecule has 0 unspecified atom stereocenters. The summed E-state index contributed by atoms with van der Waals surface area (Å²) in [5, 5.41) is 19.0. The molecule has 0 fully saturated rings. The highest BCUT2D eigenvalue weighted by Crippen LogP contribution is 1.91. The van der Waals surface area contributed by atoms with Gasteiger partial charge in [0.15, 0.2) is 0 Å². The SMILES string of the molecule is CNC(=O)N(CCC#N)CC(=O)O. The minimum Gasteiger partial charge on any atom is -0.480 e. The number of aliphatic carboxylic acids is 1. The number of nitrogens with one attached hydrogen (secondary N) is 1. The van der Waals surface area contributed by atoms with Crippen LogP contribution >= 0.6 is 0 Å². The predicted molar refractivity (Wildman–Crippen MR) is 43.9 cm³/mol. The van der Waals surface area contributed by atoms with Gasteiger partial charge in [0.05, 0.1) is 12.5 Å². The van der Waals surface area contributed by atoms with Crippen LogP contribution in [0.3, 0.4) is 0 Å². The Morgan fingerprint density at radius 3 is 2.62 bits per heavy atom. The summed E-state index contributed by atoms with van der Waals surface area (Å²) in [5.74, 6) is -1.10. The van der Waals surface area contributed by atoms with Gasteiger partial charge in [-0.2, -0.15) is 5.26 Å². The number of rotatable bonds is 4. The number of urea groups is 1. The average Bonchev–Trinajstić information content (AvgIpc) is 2.10. The lowest BCUT2D eigenvalue weighted by Gasteiger charge is -2.18. The van der Waals surface area contributed by atoms with E-state index in [9.17, 15) is 9.59 Å². The molecule has 0 radical (unpaired) electrons. The lowest BCUT2D eigenvalue weighted by Crippen LogP contribution is -2.41. The Balaban J connectivity index is 4.11. The molecule has 0 aromatic rings. The van der Waals surface area contributed by atoms with Crippen molar-refractivity contribution >= 4 is 12.0 Å². The minimum atomic E-state index is -1.10. The number of hydrogen-bond acceptors (Lipinski definition) is 3. The van der Waals surface area contributed by atoms with E-state index in [4.69, 9.17) is 10.4 Å². The molecule has 0 spiro atoms. The Labute approximate surface area is 75.7 Å². The molecular formula is C7H11N3O3. The normalized spacial score (nSPS) is 8.62. The van der Waals surface area contributed by atoms with Gasteiger partial charge in [0, 0.05) is 13.6 Å². The molecule has 0 aromatic heterocycles. The monoisotopic (exact) mass is 185 g/mol. The van der Waals surface area contributed by atoms with Crippen molar-refractivity contribution in [3.63, 3.8) is 0 Å². The van der Waals surface area contributed by atoms with Crippen LogP contribution in [0.2, 0.25) is 0 Å². The molecule has 0 atom stereocenters. The van der Waals surface area contributed by atoms with Gasteiger partial charge in [-0.3, -0.25) is 4.79 Å². The van der Waals surface area contributed by atoms with Gasteiger partial charge in [0.2, 0.25) is 0 Å². The van der Waals surface area contributed by atoms with Crippen LogP contribution in [0, 0.1) is 11.3 Å². The van der Waals surface area contributed by atoms with Gasteiger partial charge in [-0.05, 0) is 0 Å². The van der Waals surface area contributed by atoms with Crippen molar-refractivity contribution in [3.8, 4) is 6.07 Å². The van der Waals surface area contributed by atoms with E-state index < -0.39 is 12.0 Å². The number of carboxylic acid groups (broad SMARTS) is 1. The molecule has 0 heterocycles. The Morgan fingerprint density at radius 1 is 1.62 bits per heavy atom. The first-order valence-corrected chi connectivity index (χ1v) is 3.67. The quantitative estimate of drug-likeness (QED) is 0.624. The summed E-state index contributed by atoms with van der Waals surface area (Å²) in [6, 6.07) is 1.35. The number of nitriles is 1. The first-order chi connectivity index (χ1) is 6.11. The third kappa shape index (κ3) is 4.63. The van der Waals surface area contributed by atoms with Gasteiger partial charge < -0.3 is 15.3 Å². The molecule has 2 N–H and O–H groups in total. The van der Waals surface area contributed by atoms with E-state index in [1.807, 2.05) is 6.07 Å². The highest BCUT2D eigenvalue weighted by molar-refractivity contribution is 5.79. The van der Waals surface area contributed by atoms with Crippen LogP contribution in [0.15, 0.2) is 0 Å². The highest BCUT2D eigenvalue weighted by atomic mass is 16.4. The van der Waals surface area contributed by atoms with Crippen molar-refractivity contribution in [1.29, 1.82) is 5.26 Å². The molecule has 72 valence electrons. The van der Waals surface area contributed by atoms with Crippen molar-refractivity contribution < 1.29 is 14.7 Å². The van der Waals surface area contributed by atoms with Gasteiger partial charge in [0.1, 0.15) is 6.54 Å². The summed E-state index contributed by atoms with van der Waals surface area (Å²) in [7, 11) is 1.41. The van der Waals surface area contributed by atoms with Crippen molar-refractivity contribution in [2.75, 3.05) is 20.1 Å². The van der Waals surface area contributed by atoms with Crippen LogP contribution in [0.25, 0.3) is 0 Å². The number of carbonyl (C=O) groups is 2. The van der Waals surface area contributed by atoms with E-state index in [0.717, 1.165) is 4.90 Å². The molecule has 2 amide bonds. The first kappa shape index (κ1) is 11.2. The Morgan fingerprint density at radius 2 is 2.23 bits per heavy atom. The molecular weight excluding hydrogens is 174 g/mol. The Hall–Kier alpha value is -1.77. The molecule has 0 bridgehead atoms. The maximum Gasteiger partial charge on any atom is 0.323 e. The topological polar surface area (TPSA) is 93.4 Å². The fourth-order valence-electron chi connectivity index (χ4n) is 0.759. The fourth-order valence-corrected chi connectivity index (χ4v) is 0.759. The molecule has 0 aromatic carbocycles. The Kier molecular flexibility index (Phi) is 5.03. The first-order valence-electron chi connectivity index (χ1n) is 3.67. The van der Waals surface area contributed by atoms with Gasteiger partial charge in [-0.1, -0.05) is 0 Å². The largest absolute Gasteiger partial charge is 0.480 e. The smallest absolute Gasteiger partial charge is 0.323 e. The summed E-state index contributed by atoms with van der Waals surface area (Å²) >= 11 is 0. The fraction of sp³-hybridized carbons (Fsp3) is 0.571. The van der Waals surface area contributed by atoms with E-state index in [1.165, 1.54) is 7.05 Å². The summed E-state index contributed by atoms with van der Waals surface area (Å²) in [4.78, 5) is 22.3. The van der Waals surface area contributed by atoms with Gasteiger partial charge in [-0.25, -0.2) is 4.79 Å². The molecule has 0 aliphatic carbocycles. The van der Waals surface area contributed by atoms with Crippen LogP contribution < -0.4 is 5.32 Å². The van der Waals surface area contributed by atoms with Gasteiger partial charge in [0.25, 0.3) is 0 Å². The van der Waals surface area contributed by atoms with Crippen LogP contribution in [0.5, 0.6) is 0 Å². The van der Waals surface area contributed by atoms with Crippen molar-refractivity contribution in [1.82, 2.24) is 10.2 Å². The zero-order chi connectivity index (χ0) is 10.3. The van der Waals surface area contributed by atoms with Crippen LogP contribution in [0.4, 0.5) is 4.79 Å². The molecule has 0 aliphatic heterocycles. The van der Waals surface area contributed by atoms with Crippen molar-refractivity contribution in [3.05, 3.63) is 0 Å². The molecule has 0 rings (SSSR count). The van der Waals surface area contributed by atoms with E-state index in [2.05, 4.69) is 5.32 Å². The number of nitrogens with zero attached hydrogens (tertiary/aromatic N) is 2. The number of hydrogen-bond donors (Lipinski definition) is 2. The lowest BCUT2D eigenvalue weighted by molar-refractivity contribution is -0.137. The standard InChI is InChI=1S/C7H11N3O3/c1-9-7(13)10(4-2-3-8)5-6(11)12/h2,4-5H2,1H3,(H,9,13)(H,11,12).